The lowest BCUT2D eigenvalue weighted by Crippen LogP contribution is -2.09. The second kappa shape index (κ2) is 6.45. The topological polar surface area (TPSA) is 119 Å². The number of aromatic hydroxyl groups is 2. The van der Waals surface area contributed by atoms with E-state index in [0.717, 1.165) is 0 Å². The van der Waals surface area contributed by atoms with Crippen molar-refractivity contribution in [2.24, 2.45) is 0 Å². The highest BCUT2D eigenvalue weighted by molar-refractivity contribution is 5.94. The summed E-state index contributed by atoms with van der Waals surface area (Å²) < 4.78 is 5.20. The Bertz CT molecular complexity index is 954. The first-order chi connectivity index (χ1) is 12.0. The number of benzene rings is 3. The van der Waals surface area contributed by atoms with Crippen LogP contribution in [0.1, 0.15) is 10.4 Å². The Labute approximate surface area is 143 Å². The summed E-state index contributed by atoms with van der Waals surface area (Å²) in [5.41, 5.74) is 13.5. The first kappa shape index (κ1) is 16.2. The van der Waals surface area contributed by atoms with Gasteiger partial charge in [-0.2, -0.15) is 0 Å². The number of nitrogen functional groups attached to an aromatic ring is 2. The fourth-order valence-electron chi connectivity index (χ4n) is 2.39. The predicted molar refractivity (Wildman–Crippen MR) is 95.4 cm³/mol. The SMILES string of the molecule is Nc1ccc(OC(=O)c2ccc(-c3ccccc3O)c(N)c2)cc1O. The average molecular weight is 336 g/mol. The van der Waals surface area contributed by atoms with E-state index in [-0.39, 0.29) is 28.5 Å². The van der Waals surface area contributed by atoms with Gasteiger partial charge in [0.25, 0.3) is 0 Å². The average Bonchev–Trinajstić information content (AvgIpc) is 2.59. The molecule has 0 aliphatic rings. The van der Waals surface area contributed by atoms with Crippen LogP contribution in [0.3, 0.4) is 0 Å². The summed E-state index contributed by atoms with van der Waals surface area (Å²) in [6, 6.07) is 15.6. The van der Waals surface area contributed by atoms with Gasteiger partial charge < -0.3 is 26.4 Å². The number of carbonyl (C=O) groups is 1. The van der Waals surface area contributed by atoms with E-state index in [1.54, 1.807) is 36.4 Å². The molecule has 0 spiro atoms. The highest BCUT2D eigenvalue weighted by Crippen LogP contribution is 2.33. The molecule has 0 aromatic heterocycles. The number of ether oxygens (including phenoxy) is 1. The molecule has 3 aromatic carbocycles. The van der Waals surface area contributed by atoms with Crippen molar-refractivity contribution in [3.8, 4) is 28.4 Å². The minimum absolute atomic E-state index is 0.0990. The Morgan fingerprint density at radius 3 is 2.24 bits per heavy atom. The second-order valence-electron chi connectivity index (χ2n) is 5.43. The van der Waals surface area contributed by atoms with Crippen LogP contribution in [0.4, 0.5) is 11.4 Å². The standard InChI is InChI=1S/C19H16N2O4/c20-15-8-6-12(10-18(15)23)25-19(24)11-5-7-13(16(21)9-11)14-3-1-2-4-17(14)22/h1-10,22-23H,20-21H2. The van der Waals surface area contributed by atoms with Crippen molar-refractivity contribution in [2.45, 2.75) is 0 Å². The van der Waals surface area contributed by atoms with Gasteiger partial charge in [0.15, 0.2) is 0 Å². The van der Waals surface area contributed by atoms with E-state index < -0.39 is 5.97 Å². The molecule has 0 bridgehead atoms. The van der Waals surface area contributed by atoms with Crippen molar-refractivity contribution in [1.82, 2.24) is 0 Å². The minimum Gasteiger partial charge on any atom is -0.507 e. The Hall–Kier alpha value is -3.67. The molecular weight excluding hydrogens is 320 g/mol. The van der Waals surface area contributed by atoms with Crippen LogP contribution in [0.15, 0.2) is 60.7 Å². The maximum absolute atomic E-state index is 12.2. The molecule has 0 aliphatic heterocycles. The third-order valence-corrected chi connectivity index (χ3v) is 3.69. The molecule has 6 nitrogen and oxygen atoms in total. The highest BCUT2D eigenvalue weighted by atomic mass is 16.5. The van der Waals surface area contributed by atoms with Crippen LogP contribution in [-0.4, -0.2) is 16.2 Å². The van der Waals surface area contributed by atoms with Crippen LogP contribution < -0.4 is 16.2 Å². The van der Waals surface area contributed by atoms with Crippen LogP contribution in [0.5, 0.6) is 17.2 Å². The fraction of sp³-hybridized carbons (Fsp3) is 0. The van der Waals surface area contributed by atoms with E-state index in [4.69, 9.17) is 16.2 Å². The molecule has 3 aromatic rings. The number of esters is 1. The third-order valence-electron chi connectivity index (χ3n) is 3.69. The van der Waals surface area contributed by atoms with Crippen molar-refractivity contribution < 1.29 is 19.7 Å². The van der Waals surface area contributed by atoms with Crippen molar-refractivity contribution >= 4 is 17.3 Å². The highest BCUT2D eigenvalue weighted by Gasteiger charge is 2.14. The Morgan fingerprint density at radius 1 is 0.800 bits per heavy atom. The van der Waals surface area contributed by atoms with Gasteiger partial charge in [-0.15, -0.1) is 0 Å². The third kappa shape index (κ3) is 3.32. The molecule has 0 atom stereocenters. The lowest BCUT2D eigenvalue weighted by molar-refractivity contribution is 0.0734. The number of phenols is 2. The van der Waals surface area contributed by atoms with Crippen LogP contribution in [0.25, 0.3) is 11.1 Å². The number of hydrogen-bond donors (Lipinski definition) is 4. The second-order valence-corrected chi connectivity index (χ2v) is 5.43. The van der Waals surface area contributed by atoms with E-state index in [9.17, 15) is 15.0 Å². The molecular formula is C19H16N2O4. The molecule has 0 heterocycles. The van der Waals surface area contributed by atoms with Crippen molar-refractivity contribution in [3.63, 3.8) is 0 Å². The molecule has 0 saturated heterocycles. The summed E-state index contributed by atoms with van der Waals surface area (Å²) in [6.45, 7) is 0. The number of anilines is 2. The van der Waals surface area contributed by atoms with Gasteiger partial charge in [0.1, 0.15) is 17.2 Å². The lowest BCUT2D eigenvalue weighted by atomic mass is 10.0. The first-order valence-electron chi connectivity index (χ1n) is 7.44. The van der Waals surface area contributed by atoms with E-state index in [2.05, 4.69) is 0 Å². The lowest BCUT2D eigenvalue weighted by Gasteiger charge is -2.10. The zero-order valence-corrected chi connectivity index (χ0v) is 13.1. The van der Waals surface area contributed by atoms with Gasteiger partial charge in [-0.3, -0.25) is 0 Å². The van der Waals surface area contributed by atoms with Crippen molar-refractivity contribution in [3.05, 3.63) is 66.2 Å². The van der Waals surface area contributed by atoms with Crippen LogP contribution in [0.2, 0.25) is 0 Å². The van der Waals surface area contributed by atoms with E-state index in [0.29, 0.717) is 16.8 Å². The number of carbonyl (C=O) groups excluding carboxylic acids is 1. The summed E-state index contributed by atoms with van der Waals surface area (Å²) >= 11 is 0. The van der Waals surface area contributed by atoms with Crippen LogP contribution in [-0.2, 0) is 0 Å². The summed E-state index contributed by atoms with van der Waals surface area (Å²) in [4.78, 5) is 12.2. The number of phenolic OH excluding ortho intramolecular Hbond substituents is 2. The van der Waals surface area contributed by atoms with Gasteiger partial charge in [0.2, 0.25) is 0 Å². The quantitative estimate of drug-likeness (QED) is 0.252. The zero-order valence-electron chi connectivity index (χ0n) is 13.1. The van der Waals surface area contributed by atoms with Gasteiger partial charge in [-0.1, -0.05) is 24.3 Å². The van der Waals surface area contributed by atoms with Crippen molar-refractivity contribution in [2.75, 3.05) is 11.5 Å². The maximum Gasteiger partial charge on any atom is 0.343 e. The molecule has 6 heteroatoms. The smallest absolute Gasteiger partial charge is 0.343 e. The summed E-state index contributed by atoms with van der Waals surface area (Å²) in [5, 5.41) is 19.5. The van der Waals surface area contributed by atoms with Gasteiger partial charge in [0.05, 0.1) is 11.3 Å². The van der Waals surface area contributed by atoms with Gasteiger partial charge in [-0.25, -0.2) is 4.79 Å². The number of nitrogens with two attached hydrogens (primary N) is 2. The molecule has 25 heavy (non-hydrogen) atoms. The summed E-state index contributed by atoms with van der Waals surface area (Å²) in [7, 11) is 0. The molecule has 0 aliphatic carbocycles. The Balaban J connectivity index is 1.86. The molecule has 0 saturated carbocycles. The molecule has 0 fully saturated rings. The Kier molecular flexibility index (Phi) is 4.18. The fourth-order valence-corrected chi connectivity index (χ4v) is 2.39. The minimum atomic E-state index is -0.625. The Morgan fingerprint density at radius 2 is 1.56 bits per heavy atom. The maximum atomic E-state index is 12.2. The normalized spacial score (nSPS) is 10.4. The molecule has 0 unspecified atom stereocenters. The van der Waals surface area contributed by atoms with E-state index >= 15 is 0 Å². The zero-order chi connectivity index (χ0) is 18.0. The molecule has 6 N–H and O–H groups in total. The van der Waals surface area contributed by atoms with Gasteiger partial charge in [0, 0.05) is 22.9 Å². The molecule has 126 valence electrons. The van der Waals surface area contributed by atoms with Gasteiger partial charge in [-0.05, 0) is 30.3 Å². The van der Waals surface area contributed by atoms with Crippen molar-refractivity contribution in [1.29, 1.82) is 0 Å². The number of hydrogen-bond acceptors (Lipinski definition) is 6. The first-order valence-corrected chi connectivity index (χ1v) is 7.44. The molecule has 0 amide bonds. The number of rotatable bonds is 3. The molecule has 0 radical (unpaired) electrons. The number of para-hydroxylation sites is 1. The molecule has 3 rings (SSSR count). The predicted octanol–water partition coefficient (Wildman–Crippen LogP) is 3.15. The van der Waals surface area contributed by atoms with E-state index in [1.165, 1.54) is 24.3 Å². The van der Waals surface area contributed by atoms with Crippen LogP contribution in [0, 0.1) is 0 Å². The van der Waals surface area contributed by atoms with Gasteiger partial charge >= 0.3 is 5.97 Å². The van der Waals surface area contributed by atoms with E-state index in [1.807, 2.05) is 0 Å². The monoisotopic (exact) mass is 336 g/mol. The van der Waals surface area contributed by atoms with Crippen LogP contribution >= 0.6 is 0 Å². The summed E-state index contributed by atoms with van der Waals surface area (Å²) in [5.74, 6) is -0.527. The summed E-state index contributed by atoms with van der Waals surface area (Å²) in [6.07, 6.45) is 0. The largest absolute Gasteiger partial charge is 0.507 e.